The van der Waals surface area contributed by atoms with Gasteiger partial charge in [0, 0.05) is 25.2 Å². The first-order valence-electron chi connectivity index (χ1n) is 9.21. The van der Waals surface area contributed by atoms with Gasteiger partial charge in [0.1, 0.15) is 0 Å². The molecule has 0 radical (unpaired) electrons. The molecular formula is C20H24ClN3O3. The highest BCUT2D eigenvalue weighted by Gasteiger charge is 2.36. The van der Waals surface area contributed by atoms with Gasteiger partial charge in [0.25, 0.3) is 17.7 Å². The summed E-state index contributed by atoms with van der Waals surface area (Å²) in [6, 6.07) is 4.84. The van der Waals surface area contributed by atoms with Gasteiger partial charge in [0.05, 0.1) is 11.1 Å². The Hall–Kier alpha value is -2.18. The highest BCUT2D eigenvalue weighted by molar-refractivity contribution is 6.22. The number of halogens is 1. The highest BCUT2D eigenvalue weighted by Crippen LogP contribution is 2.29. The molecule has 27 heavy (non-hydrogen) atoms. The van der Waals surface area contributed by atoms with Crippen LogP contribution in [0.3, 0.4) is 0 Å². The molecule has 7 heteroatoms. The summed E-state index contributed by atoms with van der Waals surface area (Å²) in [7, 11) is 0. The molecule has 2 saturated heterocycles. The van der Waals surface area contributed by atoms with Crippen LogP contribution in [0.4, 0.5) is 0 Å². The van der Waals surface area contributed by atoms with Crippen molar-refractivity contribution in [2.45, 2.75) is 12.8 Å². The number of carbonyl (C=O) groups is 3. The summed E-state index contributed by atoms with van der Waals surface area (Å²) >= 11 is 0. The summed E-state index contributed by atoms with van der Waals surface area (Å²) in [6.07, 6.45) is 3.55. The van der Waals surface area contributed by atoms with E-state index in [1.807, 2.05) is 4.90 Å². The third-order valence-electron chi connectivity index (χ3n) is 5.84. The molecule has 0 saturated carbocycles. The predicted octanol–water partition coefficient (Wildman–Crippen LogP) is 1.96. The van der Waals surface area contributed by atoms with Crippen LogP contribution in [-0.4, -0.2) is 60.2 Å². The summed E-state index contributed by atoms with van der Waals surface area (Å²) in [5.74, 6) is 0.581. The SMILES string of the molecule is C=CCN1C(=O)c2ccc(C(=O)N3CC[C@@H]4CNC[C@@H]4CC3)cc2C1=O.Cl. The summed E-state index contributed by atoms with van der Waals surface area (Å²) in [5.41, 5.74) is 1.17. The van der Waals surface area contributed by atoms with E-state index in [0.29, 0.717) is 28.5 Å². The average Bonchev–Trinajstić information content (AvgIpc) is 3.12. The van der Waals surface area contributed by atoms with E-state index in [9.17, 15) is 14.4 Å². The summed E-state index contributed by atoms with van der Waals surface area (Å²) < 4.78 is 0. The van der Waals surface area contributed by atoms with E-state index in [0.717, 1.165) is 43.9 Å². The lowest BCUT2D eigenvalue weighted by molar-refractivity contribution is 0.0671. The normalized spacial score (nSPS) is 24.1. The lowest BCUT2D eigenvalue weighted by atomic mass is 9.92. The zero-order valence-corrected chi connectivity index (χ0v) is 16.0. The van der Waals surface area contributed by atoms with Gasteiger partial charge in [0.15, 0.2) is 0 Å². The molecule has 0 bridgehead atoms. The lowest BCUT2D eigenvalue weighted by Crippen LogP contribution is -2.33. The quantitative estimate of drug-likeness (QED) is 0.633. The monoisotopic (exact) mass is 389 g/mol. The van der Waals surface area contributed by atoms with Crippen LogP contribution < -0.4 is 5.32 Å². The number of benzene rings is 1. The fraction of sp³-hybridized carbons (Fsp3) is 0.450. The molecule has 4 rings (SSSR count). The fourth-order valence-electron chi connectivity index (χ4n) is 4.32. The second-order valence-electron chi connectivity index (χ2n) is 7.32. The number of carbonyl (C=O) groups excluding carboxylic acids is 3. The van der Waals surface area contributed by atoms with E-state index in [-0.39, 0.29) is 36.7 Å². The van der Waals surface area contributed by atoms with Gasteiger partial charge in [-0.2, -0.15) is 0 Å². The van der Waals surface area contributed by atoms with Crippen molar-refractivity contribution in [3.05, 3.63) is 47.5 Å². The molecule has 0 aliphatic carbocycles. The third-order valence-corrected chi connectivity index (χ3v) is 5.84. The summed E-state index contributed by atoms with van der Waals surface area (Å²) in [6.45, 7) is 7.34. The van der Waals surface area contributed by atoms with Crippen LogP contribution in [0.25, 0.3) is 0 Å². The predicted molar refractivity (Wildman–Crippen MR) is 104 cm³/mol. The molecule has 3 amide bonds. The van der Waals surface area contributed by atoms with Gasteiger partial charge >= 0.3 is 0 Å². The zero-order valence-electron chi connectivity index (χ0n) is 15.1. The molecule has 2 atom stereocenters. The molecule has 144 valence electrons. The minimum atomic E-state index is -0.351. The molecular weight excluding hydrogens is 366 g/mol. The Morgan fingerprint density at radius 2 is 1.74 bits per heavy atom. The fourth-order valence-corrected chi connectivity index (χ4v) is 4.32. The number of nitrogens with one attached hydrogen (secondary N) is 1. The Balaban J connectivity index is 0.00000210. The van der Waals surface area contributed by atoms with Gasteiger partial charge in [0.2, 0.25) is 0 Å². The van der Waals surface area contributed by atoms with Crippen molar-refractivity contribution >= 4 is 30.1 Å². The van der Waals surface area contributed by atoms with Crippen LogP contribution in [0.1, 0.15) is 43.9 Å². The molecule has 1 aromatic rings. The van der Waals surface area contributed by atoms with Crippen LogP contribution in [0, 0.1) is 11.8 Å². The van der Waals surface area contributed by atoms with Gasteiger partial charge in [-0.05, 0) is 56.0 Å². The van der Waals surface area contributed by atoms with E-state index in [2.05, 4.69) is 11.9 Å². The maximum Gasteiger partial charge on any atom is 0.261 e. The van der Waals surface area contributed by atoms with Crippen molar-refractivity contribution in [3.63, 3.8) is 0 Å². The van der Waals surface area contributed by atoms with Crippen molar-refractivity contribution in [2.24, 2.45) is 11.8 Å². The zero-order chi connectivity index (χ0) is 18.3. The molecule has 3 heterocycles. The van der Waals surface area contributed by atoms with E-state index >= 15 is 0 Å². The number of hydrogen-bond acceptors (Lipinski definition) is 4. The molecule has 1 N–H and O–H groups in total. The summed E-state index contributed by atoms with van der Waals surface area (Å²) in [5, 5.41) is 3.43. The van der Waals surface area contributed by atoms with Crippen LogP contribution in [-0.2, 0) is 0 Å². The first kappa shape index (κ1) is 19.6. The van der Waals surface area contributed by atoms with Gasteiger partial charge in [-0.15, -0.1) is 19.0 Å². The Morgan fingerprint density at radius 1 is 1.11 bits per heavy atom. The van der Waals surface area contributed by atoms with Crippen molar-refractivity contribution in [1.29, 1.82) is 0 Å². The van der Waals surface area contributed by atoms with Crippen LogP contribution in [0.5, 0.6) is 0 Å². The van der Waals surface area contributed by atoms with E-state index in [4.69, 9.17) is 0 Å². The topological polar surface area (TPSA) is 69.7 Å². The standard InChI is InChI=1S/C20H23N3O3.ClH/c1-2-7-23-19(25)16-4-3-13(10-17(16)20(23)26)18(24)22-8-5-14-11-21-12-15(14)6-9-22;/h2-4,10,14-15,21H,1,5-9,11-12H2;1H/t14-,15+;. The van der Waals surface area contributed by atoms with Gasteiger partial charge < -0.3 is 10.2 Å². The number of fused-ring (bicyclic) bond motifs is 2. The molecule has 0 aromatic heterocycles. The molecule has 3 aliphatic rings. The number of imide groups is 1. The number of nitrogens with zero attached hydrogens (tertiary/aromatic N) is 2. The van der Waals surface area contributed by atoms with Crippen molar-refractivity contribution in [2.75, 3.05) is 32.7 Å². The maximum atomic E-state index is 13.0. The van der Waals surface area contributed by atoms with E-state index < -0.39 is 0 Å². The van der Waals surface area contributed by atoms with Gasteiger partial charge in [-0.1, -0.05) is 6.08 Å². The minimum absolute atomic E-state index is 0. The third kappa shape index (κ3) is 3.39. The second kappa shape index (κ2) is 7.82. The number of amides is 3. The molecule has 6 nitrogen and oxygen atoms in total. The number of likely N-dealkylation sites (tertiary alicyclic amines) is 1. The van der Waals surface area contributed by atoms with Crippen LogP contribution in [0.2, 0.25) is 0 Å². The highest BCUT2D eigenvalue weighted by atomic mass is 35.5. The van der Waals surface area contributed by atoms with Crippen molar-refractivity contribution < 1.29 is 14.4 Å². The van der Waals surface area contributed by atoms with Gasteiger partial charge in [-0.3, -0.25) is 19.3 Å². The number of rotatable bonds is 3. The number of hydrogen-bond donors (Lipinski definition) is 1. The second-order valence-corrected chi connectivity index (χ2v) is 7.32. The Labute approximate surface area is 165 Å². The van der Waals surface area contributed by atoms with Crippen LogP contribution >= 0.6 is 12.4 Å². The van der Waals surface area contributed by atoms with E-state index in [1.54, 1.807) is 18.2 Å². The molecule has 1 aromatic carbocycles. The van der Waals surface area contributed by atoms with Crippen molar-refractivity contribution in [3.8, 4) is 0 Å². The Morgan fingerprint density at radius 3 is 2.37 bits per heavy atom. The minimum Gasteiger partial charge on any atom is -0.339 e. The first-order valence-corrected chi connectivity index (χ1v) is 9.21. The van der Waals surface area contributed by atoms with Gasteiger partial charge in [-0.25, -0.2) is 0 Å². The molecule has 2 fully saturated rings. The van der Waals surface area contributed by atoms with E-state index in [1.165, 1.54) is 6.08 Å². The van der Waals surface area contributed by atoms with Crippen LogP contribution in [0.15, 0.2) is 30.9 Å². The largest absolute Gasteiger partial charge is 0.339 e. The Bertz CT molecular complexity index is 781. The molecule has 0 spiro atoms. The smallest absolute Gasteiger partial charge is 0.261 e. The lowest BCUT2D eigenvalue weighted by Gasteiger charge is -2.21. The maximum absolute atomic E-state index is 13.0. The molecule has 0 unspecified atom stereocenters. The Kier molecular flexibility index (Phi) is 5.67. The first-order chi connectivity index (χ1) is 12.6. The average molecular weight is 390 g/mol. The van der Waals surface area contributed by atoms with Crippen molar-refractivity contribution in [1.82, 2.24) is 15.1 Å². The molecule has 3 aliphatic heterocycles. The summed E-state index contributed by atoms with van der Waals surface area (Å²) in [4.78, 5) is 40.8.